The van der Waals surface area contributed by atoms with E-state index in [0.29, 0.717) is 0 Å². The molecular formula is C24H24N2O4S. The molecule has 31 heavy (non-hydrogen) atoms. The summed E-state index contributed by atoms with van der Waals surface area (Å²) in [6.45, 7) is 2.75. The zero-order valence-electron chi connectivity index (χ0n) is 17.4. The van der Waals surface area contributed by atoms with E-state index in [0.717, 1.165) is 34.3 Å². The molecule has 0 spiro atoms. The second-order valence-corrected chi connectivity index (χ2v) is 9.55. The molecule has 0 aromatic heterocycles. The van der Waals surface area contributed by atoms with Crippen LogP contribution >= 0.6 is 0 Å². The molecule has 2 aliphatic heterocycles. The number of aryl methyl sites for hydroxylation is 1. The van der Waals surface area contributed by atoms with E-state index in [9.17, 15) is 17.8 Å². The van der Waals surface area contributed by atoms with E-state index in [1.807, 2.05) is 25.1 Å². The van der Waals surface area contributed by atoms with Crippen molar-refractivity contribution in [3.63, 3.8) is 0 Å². The average molecular weight is 437 g/mol. The number of nitrogens with zero attached hydrogens (tertiary/aromatic N) is 1. The van der Waals surface area contributed by atoms with Crippen molar-refractivity contribution in [2.75, 3.05) is 7.05 Å². The van der Waals surface area contributed by atoms with Crippen LogP contribution in [0.2, 0.25) is 0 Å². The molecule has 0 aliphatic carbocycles. The summed E-state index contributed by atoms with van der Waals surface area (Å²) < 4.78 is 31.9. The summed E-state index contributed by atoms with van der Waals surface area (Å²) in [7, 11) is -2.05. The number of quaternary nitrogens is 1. The number of hydrogen-bond donors (Lipinski definition) is 1. The van der Waals surface area contributed by atoms with Crippen molar-refractivity contribution in [2.24, 2.45) is 0 Å². The Hall–Kier alpha value is -3.00. The van der Waals surface area contributed by atoms with Gasteiger partial charge in [-0.25, -0.2) is 8.42 Å². The lowest BCUT2D eigenvalue weighted by Crippen LogP contribution is -2.66. The molecule has 3 aromatic carbocycles. The van der Waals surface area contributed by atoms with Crippen LogP contribution in [0.1, 0.15) is 27.0 Å². The smallest absolute Gasteiger partial charge is 0.261 e. The molecule has 2 atom stereocenters. The van der Waals surface area contributed by atoms with Gasteiger partial charge in [0.05, 0.1) is 11.9 Å². The molecule has 160 valence electrons. The Kier molecular flexibility index (Phi) is 5.43. The van der Waals surface area contributed by atoms with E-state index in [1.54, 1.807) is 12.1 Å². The molecule has 1 N–H and O–H groups in total. The molecular weight excluding hydrogens is 412 g/mol. The maximum atomic E-state index is 12.3. The Morgan fingerprint density at radius 3 is 2.23 bits per heavy atom. The minimum absolute atomic E-state index is 0.0561. The van der Waals surface area contributed by atoms with Gasteiger partial charge in [-0.2, -0.15) is 0 Å². The quantitative estimate of drug-likeness (QED) is 0.468. The van der Waals surface area contributed by atoms with Gasteiger partial charge < -0.3 is 9.87 Å². The highest BCUT2D eigenvalue weighted by molar-refractivity contribution is 7.85. The largest absolute Gasteiger partial charge is 0.744 e. The van der Waals surface area contributed by atoms with Crippen molar-refractivity contribution >= 4 is 21.7 Å². The molecule has 6 nitrogen and oxygen atoms in total. The van der Waals surface area contributed by atoms with E-state index < -0.39 is 10.1 Å². The highest BCUT2D eigenvalue weighted by atomic mass is 32.2. The third kappa shape index (κ3) is 4.12. The number of rotatable bonds is 1. The number of amides is 1. The molecule has 0 saturated heterocycles. The maximum Gasteiger partial charge on any atom is 0.261 e. The topological polar surface area (TPSA) is 86.3 Å². The van der Waals surface area contributed by atoms with Crippen molar-refractivity contribution < 1.29 is 17.8 Å². The standard InChI is InChI=1S/C17H16N2O.C7H8O3S/c1-19-11-13-7-3-2-6-12(13)10-16(19)18-17(20)14-8-4-5-9-15(14)19;1-6-2-4-7(5-3-6)11(8,9)10/h2-9,16H,10-11H2,1H3;2-5H,1H3,(H,8,9,10)/t16-,19+;/m1./s1. The van der Waals surface area contributed by atoms with Crippen molar-refractivity contribution in [1.82, 2.24) is 9.80 Å². The summed E-state index contributed by atoms with van der Waals surface area (Å²) in [6, 6.07) is 22.3. The van der Waals surface area contributed by atoms with E-state index in [1.165, 1.54) is 23.3 Å². The van der Waals surface area contributed by atoms with Gasteiger partial charge in [-0.05, 0) is 30.7 Å². The molecule has 5 rings (SSSR count). The van der Waals surface area contributed by atoms with Gasteiger partial charge in [0.15, 0.2) is 6.17 Å². The minimum atomic E-state index is -4.27. The molecule has 0 unspecified atom stereocenters. The number of carbonyl (C=O) groups excluding carboxylic acids is 1. The Balaban J connectivity index is 0.000000180. The molecule has 0 saturated carbocycles. The molecule has 0 radical (unpaired) electrons. The Morgan fingerprint density at radius 1 is 0.935 bits per heavy atom. The first-order chi connectivity index (χ1) is 14.7. The molecule has 3 aromatic rings. The van der Waals surface area contributed by atoms with Gasteiger partial charge >= 0.3 is 0 Å². The summed E-state index contributed by atoms with van der Waals surface area (Å²) in [4.78, 5) is 12.1. The SMILES string of the molecule is C[N@@+]12Cc3ccccc3C[C@@H]1NC(=O)c1ccccc12.Cc1ccc(S(=O)(=O)[O-])cc1. The lowest BCUT2D eigenvalue weighted by Gasteiger charge is -2.47. The van der Waals surface area contributed by atoms with Gasteiger partial charge in [0, 0.05) is 18.1 Å². The van der Waals surface area contributed by atoms with Crippen LogP contribution < -0.4 is 9.80 Å². The molecule has 2 heterocycles. The van der Waals surface area contributed by atoms with Gasteiger partial charge in [0.1, 0.15) is 27.9 Å². The summed E-state index contributed by atoms with van der Waals surface area (Å²) in [5, 5.41) is 3.19. The van der Waals surface area contributed by atoms with Crippen LogP contribution in [0.15, 0.2) is 77.7 Å². The summed E-state index contributed by atoms with van der Waals surface area (Å²) >= 11 is 0. The van der Waals surface area contributed by atoms with Crippen LogP contribution in [-0.2, 0) is 23.1 Å². The highest BCUT2D eigenvalue weighted by Crippen LogP contribution is 2.38. The third-order valence-corrected chi connectivity index (χ3v) is 6.87. The zero-order valence-corrected chi connectivity index (χ0v) is 18.2. The maximum absolute atomic E-state index is 12.3. The number of benzene rings is 3. The van der Waals surface area contributed by atoms with E-state index in [2.05, 4.69) is 42.7 Å². The van der Waals surface area contributed by atoms with Crippen LogP contribution in [0.5, 0.6) is 0 Å². The van der Waals surface area contributed by atoms with Gasteiger partial charge in [-0.3, -0.25) is 9.28 Å². The predicted octanol–water partition coefficient (Wildman–Crippen LogP) is 3.35. The third-order valence-electron chi connectivity index (χ3n) is 6.02. The highest BCUT2D eigenvalue weighted by Gasteiger charge is 2.46. The summed E-state index contributed by atoms with van der Waals surface area (Å²) in [6.07, 6.45) is 1.03. The molecule has 2 aliphatic rings. The minimum Gasteiger partial charge on any atom is -0.744 e. The normalized spacial score (nSPS) is 21.5. The molecule has 0 fully saturated rings. The van der Waals surface area contributed by atoms with Crippen LogP contribution in [0.25, 0.3) is 0 Å². The second kappa shape index (κ2) is 7.92. The van der Waals surface area contributed by atoms with Gasteiger partial charge in [0.25, 0.3) is 5.91 Å². The molecule has 0 bridgehead atoms. The Bertz CT molecular complexity index is 1240. The number of carbonyl (C=O) groups is 1. The first-order valence-corrected chi connectivity index (χ1v) is 11.4. The van der Waals surface area contributed by atoms with Crippen LogP contribution in [0.3, 0.4) is 0 Å². The van der Waals surface area contributed by atoms with Gasteiger partial charge in [-0.1, -0.05) is 54.1 Å². The predicted molar refractivity (Wildman–Crippen MR) is 118 cm³/mol. The van der Waals surface area contributed by atoms with Crippen molar-refractivity contribution in [2.45, 2.75) is 31.0 Å². The lowest BCUT2D eigenvalue weighted by atomic mass is 9.91. The number of fused-ring (bicyclic) bond motifs is 4. The van der Waals surface area contributed by atoms with Gasteiger partial charge in [-0.15, -0.1) is 0 Å². The zero-order chi connectivity index (χ0) is 22.2. The first-order valence-electron chi connectivity index (χ1n) is 10.0. The van der Waals surface area contributed by atoms with Crippen LogP contribution in [-0.4, -0.2) is 32.1 Å². The fourth-order valence-electron chi connectivity index (χ4n) is 4.28. The van der Waals surface area contributed by atoms with Crippen molar-refractivity contribution in [3.05, 3.63) is 95.1 Å². The molecule has 1 amide bonds. The fraction of sp³-hybridized carbons (Fsp3) is 0.208. The number of para-hydroxylation sites is 1. The Labute approximate surface area is 182 Å². The second-order valence-electron chi connectivity index (χ2n) is 8.17. The average Bonchev–Trinajstić information content (AvgIpc) is 2.74. The van der Waals surface area contributed by atoms with Gasteiger partial charge in [0.2, 0.25) is 0 Å². The van der Waals surface area contributed by atoms with Crippen LogP contribution in [0, 0.1) is 6.92 Å². The molecule has 7 heteroatoms. The van der Waals surface area contributed by atoms with Crippen molar-refractivity contribution in [1.29, 1.82) is 0 Å². The number of nitrogens with one attached hydrogen (secondary N) is 1. The van der Waals surface area contributed by atoms with E-state index in [4.69, 9.17) is 0 Å². The van der Waals surface area contributed by atoms with E-state index >= 15 is 0 Å². The fourth-order valence-corrected chi connectivity index (χ4v) is 4.75. The van der Waals surface area contributed by atoms with Crippen LogP contribution in [0.4, 0.5) is 5.69 Å². The monoisotopic (exact) mass is 436 g/mol. The van der Waals surface area contributed by atoms with E-state index in [-0.39, 0.29) is 17.0 Å². The summed E-state index contributed by atoms with van der Waals surface area (Å²) in [5.41, 5.74) is 5.61. The first kappa shape index (κ1) is 21.2. The number of hydrogen-bond acceptors (Lipinski definition) is 4. The van der Waals surface area contributed by atoms with Crippen molar-refractivity contribution in [3.8, 4) is 0 Å². The number of likely N-dealkylation sites (N-methyl/N-ethyl adjacent to an activating group) is 1. The summed E-state index contributed by atoms with van der Waals surface area (Å²) in [5.74, 6) is 0.0561. The Morgan fingerprint density at radius 2 is 1.55 bits per heavy atom. The lowest BCUT2D eigenvalue weighted by molar-refractivity contribution is 0.0811.